The summed E-state index contributed by atoms with van der Waals surface area (Å²) >= 11 is 0. The monoisotopic (exact) mass is 291 g/mol. The molecule has 4 nitrogen and oxygen atoms in total. The second kappa shape index (κ2) is 8.11. The van der Waals surface area contributed by atoms with E-state index < -0.39 is 0 Å². The van der Waals surface area contributed by atoms with Crippen molar-refractivity contribution in [2.45, 2.75) is 52.4 Å². The molecule has 2 heterocycles. The fourth-order valence-corrected chi connectivity index (χ4v) is 3.02. The number of hydrogen-bond acceptors (Lipinski definition) is 4. The van der Waals surface area contributed by atoms with E-state index in [0.29, 0.717) is 18.2 Å². The maximum atomic E-state index is 5.95. The lowest BCUT2D eigenvalue weighted by atomic mass is 9.96. The van der Waals surface area contributed by atoms with Gasteiger partial charge in [-0.15, -0.1) is 0 Å². The Balaban J connectivity index is 2.03. The Labute approximate surface area is 128 Å². The summed E-state index contributed by atoms with van der Waals surface area (Å²) in [4.78, 5) is 7.01. The van der Waals surface area contributed by atoms with E-state index in [1.807, 2.05) is 12.1 Å². The minimum Gasteiger partial charge on any atom is -0.476 e. The summed E-state index contributed by atoms with van der Waals surface area (Å²) in [6.45, 7) is 7.21. The van der Waals surface area contributed by atoms with E-state index in [0.717, 1.165) is 31.2 Å². The third-order valence-corrected chi connectivity index (χ3v) is 4.19. The van der Waals surface area contributed by atoms with Crippen LogP contribution in [0.15, 0.2) is 12.1 Å². The van der Waals surface area contributed by atoms with Gasteiger partial charge < -0.3 is 15.4 Å². The topological polar surface area (TPSA) is 51.4 Å². The van der Waals surface area contributed by atoms with Gasteiger partial charge in [-0.05, 0) is 43.7 Å². The summed E-state index contributed by atoms with van der Waals surface area (Å²) in [7, 11) is 0. The Morgan fingerprint density at radius 1 is 1.24 bits per heavy atom. The van der Waals surface area contributed by atoms with E-state index in [1.165, 1.54) is 32.1 Å². The van der Waals surface area contributed by atoms with Gasteiger partial charge in [-0.2, -0.15) is 4.98 Å². The van der Waals surface area contributed by atoms with Crippen LogP contribution in [0.25, 0.3) is 0 Å². The molecule has 1 unspecified atom stereocenters. The van der Waals surface area contributed by atoms with E-state index >= 15 is 0 Å². The zero-order valence-corrected chi connectivity index (χ0v) is 13.5. The molecule has 0 spiro atoms. The molecule has 0 saturated carbocycles. The summed E-state index contributed by atoms with van der Waals surface area (Å²) in [6.07, 6.45) is 7.48. The fourth-order valence-electron chi connectivity index (χ4n) is 3.02. The molecule has 0 radical (unpaired) electrons. The van der Waals surface area contributed by atoms with E-state index in [4.69, 9.17) is 10.5 Å². The molecule has 0 bridgehead atoms. The molecule has 2 rings (SSSR count). The average Bonchev–Trinajstić information content (AvgIpc) is 2.73. The van der Waals surface area contributed by atoms with Crippen molar-refractivity contribution in [3.63, 3.8) is 0 Å². The van der Waals surface area contributed by atoms with Crippen molar-refractivity contribution >= 4 is 11.5 Å². The third-order valence-electron chi connectivity index (χ3n) is 4.19. The highest BCUT2D eigenvalue weighted by Gasteiger charge is 2.18. The second-order valence-electron chi connectivity index (χ2n) is 5.98. The zero-order chi connectivity index (χ0) is 15.1. The normalized spacial score (nSPS) is 19.3. The molecule has 1 aromatic rings. The summed E-state index contributed by atoms with van der Waals surface area (Å²) in [5, 5.41) is 0. The van der Waals surface area contributed by atoms with Crippen molar-refractivity contribution in [1.82, 2.24) is 4.98 Å². The number of nitrogen functional groups attached to an aromatic ring is 1. The lowest BCUT2D eigenvalue weighted by Gasteiger charge is -2.22. The van der Waals surface area contributed by atoms with Gasteiger partial charge in [0.15, 0.2) is 0 Å². The molecule has 0 aromatic carbocycles. The lowest BCUT2D eigenvalue weighted by Crippen LogP contribution is -2.25. The van der Waals surface area contributed by atoms with Crippen LogP contribution in [-0.2, 0) is 0 Å². The molecule has 1 atom stereocenters. The van der Waals surface area contributed by atoms with E-state index in [1.54, 1.807) is 0 Å². The summed E-state index contributed by atoms with van der Waals surface area (Å²) < 4.78 is 5.65. The number of ether oxygens (including phenoxy) is 1. The van der Waals surface area contributed by atoms with Gasteiger partial charge in [-0.1, -0.05) is 26.7 Å². The standard InChI is InChI=1S/C17H29N3O/c1-3-6-14-7-5-11-20(12-10-14)16-9-8-15(18)17(19-16)21-13-4-2/h8-9,14H,3-7,10-13,18H2,1-2H3. The van der Waals surface area contributed by atoms with Gasteiger partial charge in [0.25, 0.3) is 0 Å². The maximum absolute atomic E-state index is 5.95. The van der Waals surface area contributed by atoms with Crippen LogP contribution in [0, 0.1) is 5.92 Å². The first kappa shape index (κ1) is 15.9. The highest BCUT2D eigenvalue weighted by molar-refractivity contribution is 5.54. The molecule has 1 saturated heterocycles. The molecule has 1 aromatic heterocycles. The van der Waals surface area contributed by atoms with Gasteiger partial charge in [0.1, 0.15) is 5.82 Å². The van der Waals surface area contributed by atoms with Gasteiger partial charge in [0.2, 0.25) is 5.88 Å². The van der Waals surface area contributed by atoms with Gasteiger partial charge >= 0.3 is 0 Å². The van der Waals surface area contributed by atoms with Crippen LogP contribution in [0.4, 0.5) is 11.5 Å². The Hall–Kier alpha value is -1.45. The minimum absolute atomic E-state index is 0.587. The lowest BCUT2D eigenvalue weighted by molar-refractivity contribution is 0.307. The molecule has 21 heavy (non-hydrogen) atoms. The number of rotatable bonds is 6. The summed E-state index contributed by atoms with van der Waals surface area (Å²) in [5.74, 6) is 2.47. The van der Waals surface area contributed by atoms with Crippen molar-refractivity contribution in [3.8, 4) is 5.88 Å². The van der Waals surface area contributed by atoms with Crippen LogP contribution in [-0.4, -0.2) is 24.7 Å². The van der Waals surface area contributed by atoms with Crippen LogP contribution >= 0.6 is 0 Å². The number of nitrogens with zero attached hydrogens (tertiary/aromatic N) is 2. The predicted octanol–water partition coefficient (Wildman–Crippen LogP) is 3.86. The van der Waals surface area contributed by atoms with Gasteiger partial charge in [-0.25, -0.2) is 0 Å². The van der Waals surface area contributed by atoms with Crippen LogP contribution < -0.4 is 15.4 Å². The highest BCUT2D eigenvalue weighted by atomic mass is 16.5. The van der Waals surface area contributed by atoms with Gasteiger partial charge in [0, 0.05) is 13.1 Å². The third kappa shape index (κ3) is 4.51. The van der Waals surface area contributed by atoms with Crippen molar-refractivity contribution in [3.05, 3.63) is 12.1 Å². The molecule has 0 amide bonds. The molecular formula is C17H29N3O. The molecule has 2 N–H and O–H groups in total. The van der Waals surface area contributed by atoms with Crippen molar-refractivity contribution < 1.29 is 4.74 Å². The van der Waals surface area contributed by atoms with E-state index in [2.05, 4.69) is 23.7 Å². The molecule has 1 fully saturated rings. The minimum atomic E-state index is 0.587. The largest absolute Gasteiger partial charge is 0.476 e. The Morgan fingerprint density at radius 3 is 2.86 bits per heavy atom. The first-order chi connectivity index (χ1) is 10.2. The molecule has 0 aliphatic carbocycles. The van der Waals surface area contributed by atoms with Crippen molar-refractivity contribution in [2.75, 3.05) is 30.3 Å². The van der Waals surface area contributed by atoms with Crippen LogP contribution in [0.2, 0.25) is 0 Å². The van der Waals surface area contributed by atoms with Crippen molar-refractivity contribution in [1.29, 1.82) is 0 Å². The Morgan fingerprint density at radius 2 is 2.10 bits per heavy atom. The first-order valence-electron chi connectivity index (χ1n) is 8.38. The molecule has 1 aliphatic heterocycles. The van der Waals surface area contributed by atoms with Gasteiger partial charge in [-0.3, -0.25) is 0 Å². The summed E-state index contributed by atoms with van der Waals surface area (Å²) in [5.41, 5.74) is 6.58. The van der Waals surface area contributed by atoms with Crippen LogP contribution in [0.3, 0.4) is 0 Å². The smallest absolute Gasteiger partial charge is 0.239 e. The first-order valence-corrected chi connectivity index (χ1v) is 8.38. The molecule has 4 heteroatoms. The predicted molar refractivity (Wildman–Crippen MR) is 88.9 cm³/mol. The fraction of sp³-hybridized carbons (Fsp3) is 0.706. The van der Waals surface area contributed by atoms with E-state index in [-0.39, 0.29) is 0 Å². The number of aromatic nitrogens is 1. The Kier molecular flexibility index (Phi) is 6.15. The number of hydrogen-bond donors (Lipinski definition) is 1. The SMILES string of the molecule is CCCOc1nc(N2CCCC(CCC)CC2)ccc1N. The quantitative estimate of drug-likeness (QED) is 0.864. The molecule has 1 aliphatic rings. The Bertz CT molecular complexity index is 436. The van der Waals surface area contributed by atoms with Crippen LogP contribution in [0.5, 0.6) is 5.88 Å². The van der Waals surface area contributed by atoms with Crippen molar-refractivity contribution in [2.24, 2.45) is 5.92 Å². The average molecular weight is 291 g/mol. The maximum Gasteiger partial charge on any atom is 0.239 e. The molecule has 118 valence electrons. The summed E-state index contributed by atoms with van der Waals surface area (Å²) in [6, 6.07) is 3.94. The molecular weight excluding hydrogens is 262 g/mol. The second-order valence-corrected chi connectivity index (χ2v) is 5.98. The highest BCUT2D eigenvalue weighted by Crippen LogP contribution is 2.27. The van der Waals surface area contributed by atoms with Gasteiger partial charge in [0.05, 0.1) is 12.3 Å². The number of nitrogens with two attached hydrogens (primary N) is 1. The number of pyridine rings is 1. The number of anilines is 2. The van der Waals surface area contributed by atoms with Crippen LogP contribution in [0.1, 0.15) is 52.4 Å². The zero-order valence-electron chi connectivity index (χ0n) is 13.5. The van der Waals surface area contributed by atoms with E-state index in [9.17, 15) is 0 Å².